The zero-order valence-corrected chi connectivity index (χ0v) is 18.4. The minimum Gasteiger partial charge on any atom is -0.784 e. The maximum Gasteiger partial charge on any atom is 0.364 e. The zero-order chi connectivity index (χ0) is 23.6. The molecule has 0 radical (unpaired) electrons. The molecule has 178 valence electrons. The first kappa shape index (κ1) is 27.9. The van der Waals surface area contributed by atoms with Crippen LogP contribution in [0.15, 0.2) is 85.2 Å². The number of benzene rings is 2. The zero-order valence-electron chi connectivity index (χ0n) is 16.8. The number of pyridine rings is 2. The third kappa shape index (κ3) is 10.3. The van der Waals surface area contributed by atoms with E-state index >= 15 is 0 Å². The van der Waals surface area contributed by atoms with Gasteiger partial charge in [0.1, 0.15) is 0 Å². The Morgan fingerprint density at radius 2 is 1.09 bits per heavy atom. The lowest BCUT2D eigenvalue weighted by Crippen LogP contribution is -2.51. The summed E-state index contributed by atoms with van der Waals surface area (Å²) in [7, 11) is -3.92. The van der Waals surface area contributed by atoms with Crippen molar-refractivity contribution < 1.29 is 45.4 Å². The molecule has 0 saturated heterocycles. The van der Waals surface area contributed by atoms with Crippen LogP contribution in [0, 0.1) is 0 Å². The average molecular weight is 496 g/mol. The van der Waals surface area contributed by atoms with E-state index in [2.05, 4.69) is 24.3 Å². The van der Waals surface area contributed by atoms with Crippen molar-refractivity contribution in [2.24, 2.45) is 0 Å². The van der Waals surface area contributed by atoms with Gasteiger partial charge in [-0.1, -0.05) is 31.7 Å². The van der Waals surface area contributed by atoms with E-state index in [1.54, 1.807) is 9.46 Å². The summed E-state index contributed by atoms with van der Waals surface area (Å²) in [5, 5.41) is 2.24. The van der Waals surface area contributed by atoms with Gasteiger partial charge < -0.3 is 13.7 Å². The standard InChI is InChI=1S/C19H16N2O2.CH4O3S.CH4.H2O3S/c1-3-11-18-16(7-1)9-5-13-20(18)22-15-23-21-14-6-10-17-8-2-4-12-19(17)21;1-5(2,3)4;;1-4(2)3/h1-14H,15H2;1H3,(H,2,3,4);1H4;(H2,1,2,3)/q+2;;;/p-3. The molecule has 0 bridgehead atoms. The van der Waals surface area contributed by atoms with Crippen LogP contribution >= 0.6 is 0 Å². The molecule has 0 aliphatic heterocycles. The molecule has 0 saturated carbocycles. The van der Waals surface area contributed by atoms with Gasteiger partial charge in [0.15, 0.2) is 0 Å². The summed E-state index contributed by atoms with van der Waals surface area (Å²) >= 11 is -3.11. The number of rotatable bonds is 4. The minimum atomic E-state index is -3.92. The number of para-hydroxylation sites is 2. The van der Waals surface area contributed by atoms with Gasteiger partial charge in [-0.25, -0.2) is 18.1 Å². The molecule has 0 fully saturated rings. The number of aromatic nitrogens is 2. The van der Waals surface area contributed by atoms with Gasteiger partial charge in [-0.2, -0.15) is 0 Å². The van der Waals surface area contributed by atoms with Crippen molar-refractivity contribution in [3.05, 3.63) is 85.2 Å². The van der Waals surface area contributed by atoms with Crippen LogP contribution in [-0.2, 0) is 21.5 Å². The smallest absolute Gasteiger partial charge is 0.364 e. The van der Waals surface area contributed by atoms with E-state index in [0.29, 0.717) is 6.26 Å². The van der Waals surface area contributed by atoms with Gasteiger partial charge in [0.2, 0.25) is 12.4 Å². The van der Waals surface area contributed by atoms with E-state index in [1.165, 1.54) is 0 Å². The van der Waals surface area contributed by atoms with E-state index in [9.17, 15) is 0 Å². The molecule has 2 aromatic heterocycles. The monoisotopic (exact) mass is 495 g/mol. The first-order valence-electron chi connectivity index (χ1n) is 8.88. The summed E-state index contributed by atoms with van der Waals surface area (Å²) in [6.45, 7) is 0.108. The Balaban J connectivity index is 0.000000470. The van der Waals surface area contributed by atoms with Crippen molar-refractivity contribution in [1.29, 1.82) is 0 Å². The summed E-state index contributed by atoms with van der Waals surface area (Å²) in [5.41, 5.74) is 2.00. The van der Waals surface area contributed by atoms with E-state index < -0.39 is 21.5 Å². The van der Waals surface area contributed by atoms with E-state index in [1.807, 2.05) is 60.9 Å². The maximum atomic E-state index is 9.08. The lowest BCUT2D eigenvalue weighted by molar-refractivity contribution is -0.932. The summed E-state index contributed by atoms with van der Waals surface area (Å²) in [6, 6.07) is 24.1. The molecule has 0 aliphatic rings. The summed E-state index contributed by atoms with van der Waals surface area (Å²) in [5.74, 6) is 0. The highest BCUT2D eigenvalue weighted by atomic mass is 32.2. The second-order valence-corrected chi connectivity index (χ2v) is 7.89. The number of fused-ring (bicyclic) bond motifs is 2. The van der Waals surface area contributed by atoms with Crippen LogP contribution in [0.3, 0.4) is 0 Å². The fourth-order valence-corrected chi connectivity index (χ4v) is 2.63. The Labute approximate surface area is 194 Å². The Morgan fingerprint density at radius 1 is 0.788 bits per heavy atom. The first-order valence-corrected chi connectivity index (χ1v) is 11.7. The molecule has 0 spiro atoms. The Morgan fingerprint density at radius 3 is 1.45 bits per heavy atom. The molecule has 0 N–H and O–H groups in total. The van der Waals surface area contributed by atoms with Gasteiger partial charge in [0, 0.05) is 40.0 Å². The Hall–Kier alpha value is -3.16. The van der Waals surface area contributed by atoms with Crippen LogP contribution < -0.4 is 19.1 Å². The summed E-state index contributed by atoms with van der Waals surface area (Å²) in [4.78, 5) is 11.5. The summed E-state index contributed by atoms with van der Waals surface area (Å²) in [6.07, 6.45) is 4.35. The third-order valence-corrected chi connectivity index (χ3v) is 3.73. The molecule has 0 aliphatic carbocycles. The second-order valence-electron chi connectivity index (χ2n) is 6.07. The number of nitrogens with zero attached hydrogens (tertiary/aromatic N) is 2. The minimum absolute atomic E-state index is 0. The van der Waals surface area contributed by atoms with Gasteiger partial charge in [-0.15, -0.1) is 11.4 Å². The largest absolute Gasteiger partial charge is 0.784 e. The van der Waals surface area contributed by atoms with Crippen molar-refractivity contribution in [2.45, 2.75) is 7.43 Å². The quantitative estimate of drug-likeness (QED) is 0.175. The Kier molecular flexibility index (Phi) is 11.3. The van der Waals surface area contributed by atoms with E-state index in [0.717, 1.165) is 21.8 Å². The normalized spacial score (nSPS) is 10.3. The highest BCUT2D eigenvalue weighted by molar-refractivity contribution is 7.84. The van der Waals surface area contributed by atoms with Crippen molar-refractivity contribution in [3.8, 4) is 0 Å². The van der Waals surface area contributed by atoms with Gasteiger partial charge in [-0.3, -0.25) is 4.21 Å². The number of hydrogen-bond acceptors (Lipinski definition) is 8. The second kappa shape index (κ2) is 13.4. The van der Waals surface area contributed by atoms with Crippen LogP contribution in [0.4, 0.5) is 0 Å². The van der Waals surface area contributed by atoms with Gasteiger partial charge in [-0.05, 0) is 24.3 Å². The molecular formula is C21H23N2O8S2-. The molecular weight excluding hydrogens is 472 g/mol. The third-order valence-electron chi connectivity index (χ3n) is 3.73. The maximum absolute atomic E-state index is 9.08. The topological polar surface area (TPSA) is 147 Å². The fraction of sp³-hybridized carbons (Fsp3) is 0.143. The highest BCUT2D eigenvalue weighted by Crippen LogP contribution is 2.08. The first-order chi connectivity index (χ1) is 15.1. The molecule has 2 heterocycles. The van der Waals surface area contributed by atoms with E-state index in [4.69, 9.17) is 36.0 Å². The van der Waals surface area contributed by atoms with Crippen molar-refractivity contribution in [2.75, 3.05) is 13.0 Å². The molecule has 33 heavy (non-hydrogen) atoms. The predicted molar refractivity (Wildman–Crippen MR) is 118 cm³/mol. The van der Waals surface area contributed by atoms with Gasteiger partial charge in [0.25, 0.3) is 11.0 Å². The molecule has 10 nitrogen and oxygen atoms in total. The van der Waals surface area contributed by atoms with Crippen LogP contribution in [0.25, 0.3) is 21.8 Å². The van der Waals surface area contributed by atoms with Gasteiger partial charge >= 0.3 is 6.79 Å². The molecule has 4 aromatic rings. The van der Waals surface area contributed by atoms with Crippen LogP contribution in [0.2, 0.25) is 0 Å². The lowest BCUT2D eigenvalue weighted by atomic mass is 10.2. The lowest BCUT2D eigenvalue weighted by Gasteiger charge is -2.03. The molecule has 0 unspecified atom stereocenters. The van der Waals surface area contributed by atoms with E-state index in [-0.39, 0.29) is 14.2 Å². The fourth-order valence-electron chi connectivity index (χ4n) is 2.63. The van der Waals surface area contributed by atoms with Crippen LogP contribution in [0.5, 0.6) is 0 Å². The predicted octanol–water partition coefficient (Wildman–Crippen LogP) is 0.876. The van der Waals surface area contributed by atoms with Crippen LogP contribution in [0.1, 0.15) is 7.43 Å². The van der Waals surface area contributed by atoms with Crippen molar-refractivity contribution >= 4 is 43.3 Å². The molecule has 0 atom stereocenters. The summed E-state index contributed by atoms with van der Waals surface area (Å²) < 4.78 is 56.0. The van der Waals surface area contributed by atoms with Crippen molar-refractivity contribution in [1.82, 2.24) is 0 Å². The average Bonchev–Trinajstić information content (AvgIpc) is 2.72. The SMILES string of the molecule is C.CS(=O)(=O)[O-].O=S([O-])[O-].c1ccc2c(c1)ccc[n+]2OCO[n+]1cccc2ccccc21. The molecule has 2 aromatic carbocycles. The number of hydrogen-bond donors (Lipinski definition) is 0. The highest BCUT2D eigenvalue weighted by Gasteiger charge is 2.13. The molecule has 4 rings (SSSR count). The Bertz CT molecular complexity index is 1200. The molecule has 0 amide bonds. The molecule has 12 heteroatoms. The van der Waals surface area contributed by atoms with Crippen LogP contribution in [-0.4, -0.2) is 39.3 Å². The van der Waals surface area contributed by atoms with Crippen molar-refractivity contribution in [3.63, 3.8) is 0 Å². The van der Waals surface area contributed by atoms with Gasteiger partial charge in [0.05, 0.1) is 20.9 Å².